The molecule has 0 heterocycles. The first kappa shape index (κ1) is 24.9. The van der Waals surface area contributed by atoms with Crippen LogP contribution in [0.2, 0.25) is 0 Å². The number of carbonyl (C=O) groups excluding carboxylic acids is 2. The summed E-state index contributed by atoms with van der Waals surface area (Å²) in [6, 6.07) is 7.14. The van der Waals surface area contributed by atoms with Crippen molar-refractivity contribution in [2.75, 3.05) is 0 Å². The zero-order chi connectivity index (χ0) is 16.8. The van der Waals surface area contributed by atoms with E-state index in [4.69, 9.17) is 0 Å². The van der Waals surface area contributed by atoms with Crippen LogP contribution in [0.15, 0.2) is 24.3 Å². The number of hydrogen-bond donors (Lipinski definition) is 0. The van der Waals surface area contributed by atoms with E-state index in [0.29, 0.717) is 11.4 Å². The molecule has 0 N–H and O–H groups in total. The fourth-order valence-electron chi connectivity index (χ4n) is 3.74. The number of carbonyl (C=O) groups is 2. The van der Waals surface area contributed by atoms with Crippen LogP contribution in [-0.2, 0) is 9.59 Å². The first-order chi connectivity index (χ1) is 11.7. The molecular weight excluding hydrogens is 582 g/mol. The summed E-state index contributed by atoms with van der Waals surface area (Å²) >= 11 is 0. The Labute approximate surface area is 223 Å². The van der Waals surface area contributed by atoms with Gasteiger partial charge in [-0.2, -0.15) is 0 Å². The Hall–Kier alpha value is 0.887. The van der Waals surface area contributed by atoms with Crippen LogP contribution in [-0.4, -0.2) is 11.8 Å². The molecule has 1 aromatic carbocycles. The van der Waals surface area contributed by atoms with Crippen molar-refractivity contribution in [1.29, 1.82) is 0 Å². The number of benzene rings is 1. The fraction of sp³-hybridized carbons (Fsp3) is 0.600. The van der Waals surface area contributed by atoms with E-state index in [1.807, 2.05) is 0 Å². The molecule has 2 amide bonds. The van der Waals surface area contributed by atoms with E-state index in [2.05, 4.69) is 10.6 Å². The van der Waals surface area contributed by atoms with Gasteiger partial charge in [0.05, 0.1) is 11.8 Å². The van der Waals surface area contributed by atoms with Gasteiger partial charge in [-0.1, -0.05) is 62.8 Å². The monoisotopic (exact) mass is 608 g/mol. The molecule has 3 rings (SSSR count). The van der Waals surface area contributed by atoms with Crippen LogP contribution in [0.1, 0.15) is 64.2 Å². The Morgan fingerprint density at radius 3 is 1.23 bits per heavy atom. The van der Waals surface area contributed by atoms with Gasteiger partial charge in [0.1, 0.15) is 0 Å². The molecule has 2 fully saturated rings. The number of nitrogens with zero attached hydrogens (tertiary/aromatic N) is 2. The molecule has 6 heteroatoms. The average Bonchev–Trinajstić information content (AvgIpc) is 2.65. The van der Waals surface area contributed by atoms with E-state index >= 15 is 0 Å². The van der Waals surface area contributed by atoms with Crippen molar-refractivity contribution in [2.24, 2.45) is 11.8 Å². The van der Waals surface area contributed by atoms with Crippen LogP contribution in [0.25, 0.3) is 10.6 Å². The predicted octanol–water partition coefficient (Wildman–Crippen LogP) is 5.91. The van der Waals surface area contributed by atoms with Crippen LogP contribution in [0.3, 0.4) is 0 Å². The van der Waals surface area contributed by atoms with Crippen LogP contribution in [0.4, 0.5) is 11.4 Å². The molecule has 1 aromatic rings. The maximum Gasteiger partial charge on any atom is 0.0576 e. The second-order valence-electron chi connectivity index (χ2n) is 7.09. The zero-order valence-electron chi connectivity index (χ0n) is 15.4. The summed E-state index contributed by atoms with van der Waals surface area (Å²) in [6.07, 6.45) is 10.8. The maximum absolute atomic E-state index is 12.2. The van der Waals surface area contributed by atoms with Crippen LogP contribution in [0, 0.1) is 94.4 Å². The van der Waals surface area contributed by atoms with Gasteiger partial charge in [-0.25, -0.2) is 0 Å². The Morgan fingerprint density at radius 1 is 0.615 bits per heavy atom. The first-order valence-corrected chi connectivity index (χ1v) is 9.33. The summed E-state index contributed by atoms with van der Waals surface area (Å²) in [4.78, 5) is 24.4. The summed E-state index contributed by atoms with van der Waals surface area (Å²) in [6.45, 7) is 0. The van der Waals surface area contributed by atoms with E-state index in [-0.39, 0.29) is 106 Å². The van der Waals surface area contributed by atoms with Gasteiger partial charge in [0.15, 0.2) is 0 Å². The predicted molar refractivity (Wildman–Crippen MR) is 95.6 cm³/mol. The molecular formula is C20H26N2O2Pr2-2. The summed E-state index contributed by atoms with van der Waals surface area (Å²) in [5, 5.41) is 8.45. The Balaban J connectivity index is 0.00000169. The van der Waals surface area contributed by atoms with Crippen molar-refractivity contribution in [3.8, 4) is 0 Å². The van der Waals surface area contributed by atoms with Crippen molar-refractivity contribution < 1.29 is 92.2 Å². The summed E-state index contributed by atoms with van der Waals surface area (Å²) in [5.41, 5.74) is 1.32. The van der Waals surface area contributed by atoms with Gasteiger partial charge in [-0.05, 0) is 25.7 Å². The third kappa shape index (κ3) is 7.72. The molecule has 0 aromatic heterocycles. The van der Waals surface area contributed by atoms with Gasteiger partial charge in [0.2, 0.25) is 0 Å². The molecule has 2 aliphatic carbocycles. The number of amides is 2. The van der Waals surface area contributed by atoms with Gasteiger partial charge in [0.25, 0.3) is 0 Å². The van der Waals surface area contributed by atoms with Crippen molar-refractivity contribution in [3.63, 3.8) is 0 Å². The smallest absolute Gasteiger partial charge is 0.0576 e. The summed E-state index contributed by atoms with van der Waals surface area (Å²) in [5.74, 6) is 0.183. The minimum absolute atomic E-state index is 0. The van der Waals surface area contributed by atoms with Gasteiger partial charge in [-0.3, -0.25) is 0 Å². The SMILES string of the molecule is O=C([N-]c1ccc([N-]C(=O)C2CCCCC2)cc1)C1CCCCC1.[Pr].[Pr]. The largest absolute Gasteiger partial charge is 0.627 e. The topological polar surface area (TPSA) is 62.3 Å². The summed E-state index contributed by atoms with van der Waals surface area (Å²) in [7, 11) is 0. The Morgan fingerprint density at radius 2 is 0.923 bits per heavy atom. The molecule has 2 radical (unpaired) electrons. The molecule has 0 spiro atoms. The summed E-state index contributed by atoms with van der Waals surface area (Å²) < 4.78 is 0. The van der Waals surface area contributed by atoms with Gasteiger partial charge < -0.3 is 20.2 Å². The van der Waals surface area contributed by atoms with Crippen molar-refractivity contribution in [3.05, 3.63) is 34.9 Å². The van der Waals surface area contributed by atoms with E-state index in [0.717, 1.165) is 51.4 Å². The molecule has 2 aliphatic rings. The second kappa shape index (κ2) is 13.2. The van der Waals surface area contributed by atoms with Crippen molar-refractivity contribution in [2.45, 2.75) is 64.2 Å². The molecule has 0 atom stereocenters. The normalized spacial score (nSPS) is 18.2. The van der Waals surface area contributed by atoms with E-state index in [9.17, 15) is 9.59 Å². The second-order valence-corrected chi connectivity index (χ2v) is 7.09. The Kier molecular flexibility index (Phi) is 12.6. The quantitative estimate of drug-likeness (QED) is 0.427. The Bertz CT molecular complexity index is 515. The fourth-order valence-corrected chi connectivity index (χ4v) is 3.74. The zero-order valence-corrected chi connectivity index (χ0v) is 22.8. The van der Waals surface area contributed by atoms with Crippen LogP contribution < -0.4 is 0 Å². The standard InChI is InChI=1S/C20H28N2O2.2Pr/c23-19(15-7-3-1-4-8-15)21-17-11-13-18(14-12-17)22-20(24)16-9-5-2-6-10-16;;/h11-16H,1-10H2,(H2,21,22,23,24);;/p-2. The van der Waals surface area contributed by atoms with E-state index in [1.165, 1.54) is 12.8 Å². The molecule has 136 valence electrons. The van der Waals surface area contributed by atoms with E-state index < -0.39 is 0 Å². The maximum atomic E-state index is 12.2. The van der Waals surface area contributed by atoms with Crippen molar-refractivity contribution in [1.82, 2.24) is 0 Å². The van der Waals surface area contributed by atoms with Gasteiger partial charge in [0, 0.05) is 94.4 Å². The average molecular weight is 608 g/mol. The molecule has 0 bridgehead atoms. The first-order valence-electron chi connectivity index (χ1n) is 9.33. The van der Waals surface area contributed by atoms with Gasteiger partial charge >= 0.3 is 0 Å². The molecule has 4 nitrogen and oxygen atoms in total. The van der Waals surface area contributed by atoms with Gasteiger partial charge in [-0.15, -0.1) is 11.4 Å². The third-order valence-electron chi connectivity index (χ3n) is 5.24. The van der Waals surface area contributed by atoms with Crippen LogP contribution in [0.5, 0.6) is 0 Å². The van der Waals surface area contributed by atoms with Crippen LogP contribution >= 0.6 is 0 Å². The molecule has 0 aliphatic heterocycles. The third-order valence-corrected chi connectivity index (χ3v) is 5.24. The number of hydrogen-bond acceptors (Lipinski definition) is 2. The molecule has 26 heavy (non-hydrogen) atoms. The van der Waals surface area contributed by atoms with Crippen molar-refractivity contribution >= 4 is 23.2 Å². The minimum atomic E-state index is -0.00216. The number of rotatable bonds is 4. The molecule has 2 saturated carbocycles. The van der Waals surface area contributed by atoms with E-state index in [1.54, 1.807) is 24.3 Å². The minimum Gasteiger partial charge on any atom is -0.627 e. The molecule has 0 saturated heterocycles. The molecule has 0 unspecified atom stereocenters.